The number of amides is 4. The molecule has 0 aromatic rings. The standard InChI is InChI=1S/C37H63N3O8/c1-24(2)34(36(47)48)39-31(43)23-38-30(42)16-14-12-10-8-7-9-11-13-15-17-37(5,6)40-32(44)21-27(22-33(40)45)20-29(41)28-19-25(3)18-26(4)35(28)46/h24-29,34,41H,7-23H2,1-6H3,(H,38,42)(H,39,43)(H,47,48)/t25-,26-,28?,29?,34?/m0/s1. The van der Waals surface area contributed by atoms with Crippen molar-refractivity contribution in [3.63, 3.8) is 0 Å². The summed E-state index contributed by atoms with van der Waals surface area (Å²) in [6, 6.07) is -0.979. The molecule has 0 spiro atoms. The molecule has 1 aliphatic heterocycles. The Balaban J connectivity index is 1.55. The fourth-order valence-corrected chi connectivity index (χ4v) is 7.51. The van der Waals surface area contributed by atoms with E-state index in [1.807, 2.05) is 20.8 Å². The molecule has 0 radical (unpaired) electrons. The second-order valence-corrected chi connectivity index (χ2v) is 15.6. The summed E-state index contributed by atoms with van der Waals surface area (Å²) in [5.41, 5.74) is -0.562. The number of piperidine rings is 1. The van der Waals surface area contributed by atoms with E-state index in [4.69, 9.17) is 5.11 Å². The van der Waals surface area contributed by atoms with Crippen LogP contribution in [0.25, 0.3) is 0 Å². The first-order valence-corrected chi connectivity index (χ1v) is 18.4. The maximum Gasteiger partial charge on any atom is 0.326 e. The lowest BCUT2D eigenvalue weighted by Gasteiger charge is -2.42. The number of hydrogen-bond donors (Lipinski definition) is 4. The number of aliphatic hydroxyl groups is 1. The van der Waals surface area contributed by atoms with Gasteiger partial charge in [0.2, 0.25) is 23.6 Å². The zero-order chi connectivity index (χ0) is 36.0. The molecule has 4 N–H and O–H groups in total. The van der Waals surface area contributed by atoms with Gasteiger partial charge in [-0.25, -0.2) is 4.79 Å². The number of carbonyl (C=O) groups excluding carboxylic acids is 5. The summed E-state index contributed by atoms with van der Waals surface area (Å²) >= 11 is 0. The second-order valence-electron chi connectivity index (χ2n) is 15.6. The molecule has 1 saturated heterocycles. The number of carbonyl (C=O) groups is 6. The number of carboxylic acid groups (broad SMARTS) is 1. The van der Waals surface area contributed by atoms with Gasteiger partial charge in [-0.2, -0.15) is 0 Å². The Labute approximate surface area is 287 Å². The molecule has 2 aliphatic rings. The van der Waals surface area contributed by atoms with Gasteiger partial charge in [0.15, 0.2) is 0 Å². The lowest BCUT2D eigenvalue weighted by atomic mass is 9.71. The van der Waals surface area contributed by atoms with Crippen LogP contribution in [-0.4, -0.2) is 74.7 Å². The van der Waals surface area contributed by atoms with Gasteiger partial charge in [-0.1, -0.05) is 79.1 Å². The molecule has 48 heavy (non-hydrogen) atoms. The van der Waals surface area contributed by atoms with Gasteiger partial charge in [0.25, 0.3) is 0 Å². The van der Waals surface area contributed by atoms with Crippen LogP contribution in [0.5, 0.6) is 0 Å². The van der Waals surface area contributed by atoms with Crippen LogP contribution in [0.2, 0.25) is 0 Å². The van der Waals surface area contributed by atoms with Crippen LogP contribution in [0.1, 0.15) is 144 Å². The number of hydrogen-bond acceptors (Lipinski definition) is 7. The van der Waals surface area contributed by atoms with Gasteiger partial charge in [-0.05, 0) is 63.7 Å². The molecule has 3 unspecified atom stereocenters. The van der Waals surface area contributed by atoms with Crippen LogP contribution in [0.4, 0.5) is 0 Å². The second kappa shape index (κ2) is 20.0. The van der Waals surface area contributed by atoms with Crippen LogP contribution in [0.15, 0.2) is 0 Å². The number of ketones is 1. The summed E-state index contributed by atoms with van der Waals surface area (Å²) in [5.74, 6) is -2.63. The van der Waals surface area contributed by atoms with Gasteiger partial charge < -0.3 is 20.8 Å². The molecule has 11 nitrogen and oxygen atoms in total. The van der Waals surface area contributed by atoms with Crippen LogP contribution < -0.4 is 10.6 Å². The van der Waals surface area contributed by atoms with Gasteiger partial charge >= 0.3 is 5.97 Å². The molecule has 2 rings (SSSR count). The van der Waals surface area contributed by atoms with Crippen LogP contribution in [0, 0.1) is 29.6 Å². The van der Waals surface area contributed by atoms with Crippen LogP contribution in [-0.2, 0) is 28.8 Å². The van der Waals surface area contributed by atoms with Gasteiger partial charge in [-0.15, -0.1) is 0 Å². The van der Waals surface area contributed by atoms with Crippen LogP contribution in [0.3, 0.4) is 0 Å². The summed E-state index contributed by atoms with van der Waals surface area (Å²) in [6.45, 7) is 11.1. The highest BCUT2D eigenvalue weighted by Crippen LogP contribution is 2.37. The topological polar surface area (TPSA) is 170 Å². The lowest BCUT2D eigenvalue weighted by Crippen LogP contribution is -2.55. The first-order valence-electron chi connectivity index (χ1n) is 18.4. The molecule has 274 valence electrons. The molecule has 11 heteroatoms. The van der Waals surface area contributed by atoms with E-state index in [0.717, 1.165) is 70.6 Å². The average Bonchev–Trinajstić information content (AvgIpc) is 2.98. The van der Waals surface area contributed by atoms with Gasteiger partial charge in [0.05, 0.1) is 12.6 Å². The predicted molar refractivity (Wildman–Crippen MR) is 184 cm³/mol. The molecular formula is C37H63N3O8. The first kappa shape index (κ1) is 41.4. The van der Waals surface area contributed by atoms with Crippen molar-refractivity contribution in [3.05, 3.63) is 0 Å². The number of likely N-dealkylation sites (tertiary alicyclic amines) is 1. The number of nitrogens with one attached hydrogen (secondary N) is 2. The SMILES string of the molecule is CC(C)C(NC(=O)CNC(=O)CCCCCCCCCCCC(C)(C)N1C(=O)CC(CC(O)C2C[C@@H](C)C[C@H](C)C2=O)CC1=O)C(=O)O. The predicted octanol–water partition coefficient (Wildman–Crippen LogP) is 5.17. The number of imide groups is 1. The fraction of sp³-hybridized carbons (Fsp3) is 0.838. The smallest absolute Gasteiger partial charge is 0.326 e. The Kier molecular flexibility index (Phi) is 17.2. The average molecular weight is 678 g/mol. The highest BCUT2D eigenvalue weighted by molar-refractivity contribution is 5.98. The molecule has 2 fully saturated rings. The van der Waals surface area contributed by atoms with Crippen molar-refractivity contribution >= 4 is 35.4 Å². The van der Waals surface area contributed by atoms with E-state index >= 15 is 0 Å². The van der Waals surface area contributed by atoms with E-state index in [9.17, 15) is 33.9 Å². The monoisotopic (exact) mass is 677 g/mol. The van der Waals surface area contributed by atoms with Crippen molar-refractivity contribution in [1.29, 1.82) is 0 Å². The molecule has 0 aromatic heterocycles. The normalized spacial score (nSPS) is 22.1. The summed E-state index contributed by atoms with van der Waals surface area (Å²) in [7, 11) is 0. The van der Waals surface area contributed by atoms with Crippen molar-refractivity contribution in [3.8, 4) is 0 Å². The number of nitrogens with zero attached hydrogens (tertiary/aromatic N) is 1. The number of unbranched alkanes of at least 4 members (excludes halogenated alkanes) is 8. The Bertz CT molecular complexity index is 1090. The quantitative estimate of drug-likeness (QED) is 0.0953. The number of Topliss-reactive ketones (excluding diaryl/α,β-unsaturated/α-hetero) is 1. The van der Waals surface area contributed by atoms with E-state index in [-0.39, 0.29) is 60.6 Å². The minimum atomic E-state index is -1.10. The van der Waals surface area contributed by atoms with Crippen LogP contribution >= 0.6 is 0 Å². The van der Waals surface area contributed by atoms with Crippen molar-refractivity contribution < 1.29 is 39.0 Å². The van der Waals surface area contributed by atoms with E-state index in [1.165, 1.54) is 4.90 Å². The maximum atomic E-state index is 13.1. The third-order valence-corrected chi connectivity index (χ3v) is 10.2. The third-order valence-electron chi connectivity index (χ3n) is 10.2. The zero-order valence-electron chi connectivity index (χ0n) is 30.4. The van der Waals surface area contributed by atoms with Crippen molar-refractivity contribution in [2.24, 2.45) is 29.6 Å². The van der Waals surface area contributed by atoms with E-state index in [1.54, 1.807) is 13.8 Å². The molecule has 5 atom stereocenters. The van der Waals surface area contributed by atoms with E-state index in [2.05, 4.69) is 17.6 Å². The number of aliphatic carboxylic acids is 1. The zero-order valence-corrected chi connectivity index (χ0v) is 30.4. The summed E-state index contributed by atoms with van der Waals surface area (Å²) in [5, 5.41) is 25.0. The van der Waals surface area contributed by atoms with E-state index in [0.29, 0.717) is 25.2 Å². The highest BCUT2D eigenvalue weighted by atomic mass is 16.4. The van der Waals surface area contributed by atoms with Crippen molar-refractivity contribution in [2.45, 2.75) is 162 Å². The molecule has 0 bridgehead atoms. The summed E-state index contributed by atoms with van der Waals surface area (Å²) < 4.78 is 0. The van der Waals surface area contributed by atoms with Gasteiger partial charge in [-0.3, -0.25) is 28.9 Å². The molecule has 4 amide bonds. The number of aliphatic hydroxyl groups excluding tert-OH is 1. The minimum Gasteiger partial charge on any atom is -0.480 e. The van der Waals surface area contributed by atoms with Crippen molar-refractivity contribution in [2.75, 3.05) is 6.54 Å². The molecule has 1 saturated carbocycles. The largest absolute Gasteiger partial charge is 0.480 e. The lowest BCUT2D eigenvalue weighted by molar-refractivity contribution is -0.157. The first-order chi connectivity index (χ1) is 22.5. The molecular weight excluding hydrogens is 614 g/mol. The molecule has 1 heterocycles. The highest BCUT2D eigenvalue weighted by Gasteiger charge is 2.43. The molecule has 1 aliphatic carbocycles. The van der Waals surface area contributed by atoms with Crippen molar-refractivity contribution in [1.82, 2.24) is 15.5 Å². The van der Waals surface area contributed by atoms with E-state index < -0.39 is 35.5 Å². The van der Waals surface area contributed by atoms with Gasteiger partial charge in [0.1, 0.15) is 11.8 Å². The number of carboxylic acids is 1. The minimum absolute atomic E-state index is 0.0559. The Hall–Kier alpha value is -2.82. The Morgan fingerprint density at radius 2 is 1.40 bits per heavy atom. The Morgan fingerprint density at radius 1 is 0.854 bits per heavy atom. The summed E-state index contributed by atoms with van der Waals surface area (Å²) in [6.07, 6.45) is 11.6. The summed E-state index contributed by atoms with van der Waals surface area (Å²) in [4.78, 5) is 75.5. The fourth-order valence-electron chi connectivity index (χ4n) is 7.51. The Morgan fingerprint density at radius 3 is 1.94 bits per heavy atom. The molecule has 0 aromatic carbocycles. The third kappa shape index (κ3) is 13.6. The maximum absolute atomic E-state index is 13.1. The number of rotatable bonds is 21. The van der Waals surface area contributed by atoms with Gasteiger partial charge in [0, 0.05) is 36.6 Å².